The van der Waals surface area contributed by atoms with Crippen LogP contribution in [0.3, 0.4) is 0 Å². The van der Waals surface area contributed by atoms with Gasteiger partial charge in [0.05, 0.1) is 12.3 Å². The minimum atomic E-state index is -0.210. The number of benzene rings is 1. The normalized spacial score (nSPS) is 13.2. The van der Waals surface area contributed by atoms with Crippen LogP contribution in [-0.2, 0) is 11.2 Å². The first-order valence-corrected chi connectivity index (χ1v) is 5.85. The summed E-state index contributed by atoms with van der Waals surface area (Å²) in [6, 6.07) is 3.75. The van der Waals surface area contributed by atoms with Crippen molar-refractivity contribution >= 4 is 39.1 Å². The zero-order valence-electron chi connectivity index (χ0n) is 7.85. The van der Waals surface area contributed by atoms with Crippen molar-refractivity contribution in [1.29, 1.82) is 0 Å². The summed E-state index contributed by atoms with van der Waals surface area (Å²) in [5.74, 6) is 0.581. The summed E-state index contributed by atoms with van der Waals surface area (Å²) >= 11 is 8.84. The van der Waals surface area contributed by atoms with E-state index in [9.17, 15) is 4.79 Å². The maximum absolute atomic E-state index is 11.2. The lowest BCUT2D eigenvalue weighted by Crippen LogP contribution is -2.14. The summed E-state index contributed by atoms with van der Waals surface area (Å²) in [4.78, 5) is 11.2. The van der Waals surface area contributed by atoms with Crippen LogP contribution in [0.1, 0.15) is 5.56 Å². The number of nitrogens with one attached hydrogen (secondary N) is 1. The molecule has 1 N–H and O–H groups in total. The van der Waals surface area contributed by atoms with Gasteiger partial charge in [0.2, 0.25) is 5.91 Å². The van der Waals surface area contributed by atoms with Gasteiger partial charge in [0.1, 0.15) is 11.6 Å². The number of fused-ring (bicyclic) bond motifs is 1. The molecule has 1 aromatic carbocycles. The van der Waals surface area contributed by atoms with E-state index in [0.29, 0.717) is 6.61 Å². The fourth-order valence-electron chi connectivity index (χ4n) is 1.55. The predicted molar refractivity (Wildman–Crippen MR) is 62.7 cm³/mol. The van der Waals surface area contributed by atoms with Gasteiger partial charge in [0.25, 0.3) is 0 Å². The maximum Gasteiger partial charge on any atom is 0.239 e. The number of carbonyl (C=O) groups excluding carboxylic acids is 1. The Morgan fingerprint density at radius 3 is 3.13 bits per heavy atom. The first-order chi connectivity index (χ1) is 7.22. The number of hydrogen-bond acceptors (Lipinski definition) is 2. The minimum Gasteiger partial charge on any atom is -0.493 e. The number of alkyl halides is 1. The van der Waals surface area contributed by atoms with E-state index in [4.69, 9.17) is 16.3 Å². The number of amides is 1. The lowest BCUT2D eigenvalue weighted by atomic mass is 10.1. The van der Waals surface area contributed by atoms with Gasteiger partial charge < -0.3 is 10.1 Å². The maximum atomic E-state index is 11.2. The first kappa shape index (κ1) is 10.8. The molecule has 1 aromatic rings. The summed E-state index contributed by atoms with van der Waals surface area (Å²) < 4.78 is 6.26. The summed E-state index contributed by atoms with van der Waals surface area (Å²) in [6.45, 7) is 0.662. The van der Waals surface area contributed by atoms with Crippen LogP contribution in [0.2, 0.25) is 0 Å². The Hall–Kier alpha value is -0.740. The minimum absolute atomic E-state index is 0.0447. The van der Waals surface area contributed by atoms with Crippen LogP contribution in [0.25, 0.3) is 0 Å². The van der Waals surface area contributed by atoms with Crippen molar-refractivity contribution < 1.29 is 9.53 Å². The average Bonchev–Trinajstić information content (AvgIpc) is 2.70. The molecule has 0 spiro atoms. The molecule has 0 aliphatic carbocycles. The Kier molecular flexibility index (Phi) is 3.17. The van der Waals surface area contributed by atoms with Gasteiger partial charge in [-0.3, -0.25) is 4.79 Å². The van der Waals surface area contributed by atoms with E-state index in [1.807, 2.05) is 12.1 Å². The number of halogens is 2. The van der Waals surface area contributed by atoms with Crippen molar-refractivity contribution in [3.8, 4) is 5.75 Å². The van der Waals surface area contributed by atoms with Gasteiger partial charge in [0, 0.05) is 16.5 Å². The number of carbonyl (C=O) groups is 1. The van der Waals surface area contributed by atoms with Crippen molar-refractivity contribution in [2.45, 2.75) is 6.42 Å². The summed E-state index contributed by atoms with van der Waals surface area (Å²) in [7, 11) is 0. The second-order valence-corrected chi connectivity index (χ2v) is 4.30. The number of rotatable bonds is 2. The highest BCUT2D eigenvalue weighted by atomic mass is 79.9. The fraction of sp³-hybridized carbons (Fsp3) is 0.300. The largest absolute Gasteiger partial charge is 0.493 e. The predicted octanol–water partition coefficient (Wildman–Crippen LogP) is 2.56. The molecule has 0 radical (unpaired) electrons. The number of ether oxygens (including phenoxy) is 1. The SMILES string of the molecule is O=C(CCl)Nc1c(Br)ccc2c1CCO2. The summed E-state index contributed by atoms with van der Waals surface area (Å²) in [5.41, 5.74) is 1.80. The van der Waals surface area contributed by atoms with Gasteiger partial charge in [-0.25, -0.2) is 0 Å². The van der Waals surface area contributed by atoms with Crippen LogP contribution in [0, 0.1) is 0 Å². The number of anilines is 1. The Labute approximate surface area is 101 Å². The van der Waals surface area contributed by atoms with E-state index < -0.39 is 0 Å². The van der Waals surface area contributed by atoms with Crippen LogP contribution in [0.5, 0.6) is 5.75 Å². The second kappa shape index (κ2) is 4.41. The average molecular weight is 291 g/mol. The van der Waals surface area contributed by atoms with Gasteiger partial charge >= 0.3 is 0 Å². The molecule has 2 rings (SSSR count). The summed E-state index contributed by atoms with van der Waals surface area (Å²) in [6.07, 6.45) is 0.812. The quantitative estimate of drug-likeness (QED) is 0.850. The highest BCUT2D eigenvalue weighted by Gasteiger charge is 2.19. The monoisotopic (exact) mass is 289 g/mol. The Bertz CT molecular complexity index is 409. The lowest BCUT2D eigenvalue weighted by molar-refractivity contribution is -0.113. The van der Waals surface area contributed by atoms with E-state index in [1.54, 1.807) is 0 Å². The standard InChI is InChI=1S/C10H9BrClNO2/c11-7-1-2-8-6(3-4-15-8)10(7)13-9(14)5-12/h1-2H,3-5H2,(H,13,14). The first-order valence-electron chi connectivity index (χ1n) is 4.52. The number of hydrogen-bond donors (Lipinski definition) is 1. The van der Waals surface area contributed by atoms with Crippen molar-refractivity contribution in [1.82, 2.24) is 0 Å². The third kappa shape index (κ3) is 2.11. The third-order valence-corrected chi connectivity index (χ3v) is 3.12. The molecule has 80 valence electrons. The van der Waals surface area contributed by atoms with Gasteiger partial charge in [-0.05, 0) is 28.1 Å². The van der Waals surface area contributed by atoms with Crippen molar-refractivity contribution in [2.24, 2.45) is 0 Å². The van der Waals surface area contributed by atoms with Crippen molar-refractivity contribution in [3.05, 3.63) is 22.2 Å². The summed E-state index contributed by atoms with van der Waals surface area (Å²) in [5, 5.41) is 2.76. The van der Waals surface area contributed by atoms with Gasteiger partial charge in [-0.1, -0.05) is 0 Å². The van der Waals surface area contributed by atoms with Crippen molar-refractivity contribution in [2.75, 3.05) is 17.8 Å². The molecule has 0 saturated carbocycles. The molecule has 0 saturated heterocycles. The molecule has 0 aromatic heterocycles. The highest BCUT2D eigenvalue weighted by molar-refractivity contribution is 9.10. The van der Waals surface area contributed by atoms with Gasteiger partial charge in [-0.15, -0.1) is 11.6 Å². The molecule has 0 fully saturated rings. The Morgan fingerprint density at radius 2 is 2.40 bits per heavy atom. The Morgan fingerprint density at radius 1 is 1.60 bits per heavy atom. The van der Waals surface area contributed by atoms with Crippen molar-refractivity contribution in [3.63, 3.8) is 0 Å². The van der Waals surface area contributed by atoms with E-state index >= 15 is 0 Å². The zero-order valence-corrected chi connectivity index (χ0v) is 10.2. The van der Waals surface area contributed by atoms with E-state index in [1.165, 1.54) is 0 Å². The third-order valence-electron chi connectivity index (χ3n) is 2.21. The van der Waals surface area contributed by atoms with Crippen LogP contribution in [0.15, 0.2) is 16.6 Å². The van der Waals surface area contributed by atoms with Crippen LogP contribution < -0.4 is 10.1 Å². The van der Waals surface area contributed by atoms with Crippen LogP contribution >= 0.6 is 27.5 Å². The molecule has 3 nitrogen and oxygen atoms in total. The molecule has 1 aliphatic rings. The molecular formula is C10H9BrClNO2. The molecular weight excluding hydrogens is 281 g/mol. The second-order valence-electron chi connectivity index (χ2n) is 3.18. The fourth-order valence-corrected chi connectivity index (χ4v) is 2.09. The van der Waals surface area contributed by atoms with E-state index in [0.717, 1.165) is 27.9 Å². The van der Waals surface area contributed by atoms with E-state index in [-0.39, 0.29) is 11.8 Å². The smallest absolute Gasteiger partial charge is 0.239 e. The molecule has 1 heterocycles. The molecule has 0 bridgehead atoms. The topological polar surface area (TPSA) is 38.3 Å². The molecule has 15 heavy (non-hydrogen) atoms. The van der Waals surface area contributed by atoms with Gasteiger partial charge in [-0.2, -0.15) is 0 Å². The molecule has 1 amide bonds. The molecule has 0 atom stereocenters. The van der Waals surface area contributed by atoms with E-state index in [2.05, 4.69) is 21.2 Å². The zero-order chi connectivity index (χ0) is 10.8. The van der Waals surface area contributed by atoms with Gasteiger partial charge in [0.15, 0.2) is 0 Å². The van der Waals surface area contributed by atoms with Crippen LogP contribution in [0.4, 0.5) is 5.69 Å². The molecule has 1 aliphatic heterocycles. The van der Waals surface area contributed by atoms with Crippen LogP contribution in [-0.4, -0.2) is 18.4 Å². The lowest BCUT2D eigenvalue weighted by Gasteiger charge is -2.10. The Balaban J connectivity index is 2.37. The highest BCUT2D eigenvalue weighted by Crippen LogP contribution is 2.37. The molecule has 0 unspecified atom stereocenters. The molecule has 5 heteroatoms.